The minimum atomic E-state index is -0.201. The van der Waals surface area contributed by atoms with Crippen molar-refractivity contribution in [3.05, 3.63) is 90.8 Å². The first-order chi connectivity index (χ1) is 13.8. The standard InChI is InChI=1S/C21H18N6O/c28-21(18-13-24-20(25-14-18)17-5-4-9-22-12-17)23-10-8-16-11-26-27(15-16)19-6-2-1-3-7-19/h1-7,9,11-15H,8,10H2,(H,23,28). The Kier molecular flexibility index (Phi) is 5.15. The van der Waals surface area contributed by atoms with Gasteiger partial charge in [0.25, 0.3) is 5.91 Å². The van der Waals surface area contributed by atoms with Crippen LogP contribution < -0.4 is 5.32 Å². The van der Waals surface area contributed by atoms with Gasteiger partial charge in [0.15, 0.2) is 5.82 Å². The predicted octanol–water partition coefficient (Wildman–Crippen LogP) is 2.70. The van der Waals surface area contributed by atoms with E-state index in [1.165, 1.54) is 12.4 Å². The van der Waals surface area contributed by atoms with Crippen LogP contribution in [0.4, 0.5) is 0 Å². The number of pyridine rings is 1. The van der Waals surface area contributed by atoms with E-state index in [-0.39, 0.29) is 5.91 Å². The molecular formula is C21H18N6O. The van der Waals surface area contributed by atoms with Crippen molar-refractivity contribution in [3.8, 4) is 17.1 Å². The fourth-order valence-corrected chi connectivity index (χ4v) is 2.72. The van der Waals surface area contributed by atoms with E-state index in [4.69, 9.17) is 0 Å². The van der Waals surface area contributed by atoms with E-state index in [1.807, 2.05) is 59.5 Å². The summed E-state index contributed by atoms with van der Waals surface area (Å²) in [7, 11) is 0. The van der Waals surface area contributed by atoms with Crippen molar-refractivity contribution in [1.82, 2.24) is 30.0 Å². The Bertz CT molecular complexity index is 1050. The normalized spacial score (nSPS) is 10.6. The summed E-state index contributed by atoms with van der Waals surface area (Å²) in [6, 6.07) is 13.6. The van der Waals surface area contributed by atoms with Crippen molar-refractivity contribution in [1.29, 1.82) is 0 Å². The summed E-state index contributed by atoms with van der Waals surface area (Å²) < 4.78 is 1.82. The van der Waals surface area contributed by atoms with Gasteiger partial charge in [-0.05, 0) is 36.2 Å². The predicted molar refractivity (Wildman–Crippen MR) is 105 cm³/mol. The number of amides is 1. The van der Waals surface area contributed by atoms with Crippen LogP contribution in [0.3, 0.4) is 0 Å². The van der Waals surface area contributed by atoms with Gasteiger partial charge in [-0.25, -0.2) is 14.6 Å². The number of hydrogen-bond acceptors (Lipinski definition) is 5. The van der Waals surface area contributed by atoms with E-state index in [0.29, 0.717) is 24.4 Å². The molecule has 28 heavy (non-hydrogen) atoms. The Hall–Kier alpha value is -3.87. The van der Waals surface area contributed by atoms with Gasteiger partial charge in [-0.3, -0.25) is 9.78 Å². The van der Waals surface area contributed by atoms with Crippen LogP contribution in [0, 0.1) is 0 Å². The fraction of sp³-hybridized carbons (Fsp3) is 0.0952. The molecule has 0 unspecified atom stereocenters. The molecule has 0 spiro atoms. The molecule has 4 aromatic rings. The Morgan fingerprint density at radius 1 is 0.964 bits per heavy atom. The average Bonchev–Trinajstić information content (AvgIpc) is 3.24. The summed E-state index contributed by atoms with van der Waals surface area (Å²) in [5, 5.41) is 7.25. The summed E-state index contributed by atoms with van der Waals surface area (Å²) in [6.45, 7) is 0.504. The van der Waals surface area contributed by atoms with Gasteiger partial charge in [0.2, 0.25) is 0 Å². The Balaban J connectivity index is 1.32. The topological polar surface area (TPSA) is 85.6 Å². The van der Waals surface area contributed by atoms with Crippen molar-refractivity contribution in [3.63, 3.8) is 0 Å². The van der Waals surface area contributed by atoms with Gasteiger partial charge < -0.3 is 5.32 Å². The number of nitrogens with zero attached hydrogens (tertiary/aromatic N) is 5. The number of aromatic nitrogens is 5. The van der Waals surface area contributed by atoms with E-state index in [2.05, 4.69) is 25.4 Å². The molecule has 3 aromatic heterocycles. The van der Waals surface area contributed by atoms with Gasteiger partial charge in [0.05, 0.1) is 17.4 Å². The molecule has 0 aliphatic heterocycles. The Morgan fingerprint density at radius 2 is 1.79 bits per heavy atom. The van der Waals surface area contributed by atoms with Crippen LogP contribution in [0.25, 0.3) is 17.1 Å². The molecule has 1 amide bonds. The number of carbonyl (C=O) groups excluding carboxylic acids is 1. The second-order valence-electron chi connectivity index (χ2n) is 6.17. The molecule has 7 nitrogen and oxygen atoms in total. The average molecular weight is 370 g/mol. The number of para-hydroxylation sites is 1. The van der Waals surface area contributed by atoms with Crippen LogP contribution in [0.2, 0.25) is 0 Å². The van der Waals surface area contributed by atoms with Gasteiger partial charge in [-0.1, -0.05) is 18.2 Å². The summed E-state index contributed by atoms with van der Waals surface area (Å²) in [5.41, 5.74) is 3.29. The monoisotopic (exact) mass is 370 g/mol. The molecule has 4 rings (SSSR count). The highest BCUT2D eigenvalue weighted by Crippen LogP contribution is 2.12. The molecule has 1 aromatic carbocycles. The number of carbonyl (C=O) groups is 1. The van der Waals surface area contributed by atoms with Crippen molar-refractivity contribution >= 4 is 5.91 Å². The van der Waals surface area contributed by atoms with Crippen LogP contribution in [-0.2, 0) is 6.42 Å². The SMILES string of the molecule is O=C(NCCc1cnn(-c2ccccc2)c1)c1cnc(-c2cccnc2)nc1. The van der Waals surface area contributed by atoms with Crippen LogP contribution in [0.5, 0.6) is 0 Å². The molecule has 7 heteroatoms. The number of rotatable bonds is 6. The molecule has 0 saturated heterocycles. The summed E-state index contributed by atoms with van der Waals surface area (Å²) in [6.07, 6.45) is 10.9. The molecule has 3 heterocycles. The summed E-state index contributed by atoms with van der Waals surface area (Å²) in [4.78, 5) is 24.8. The zero-order valence-electron chi connectivity index (χ0n) is 15.1. The van der Waals surface area contributed by atoms with Crippen molar-refractivity contribution in [2.45, 2.75) is 6.42 Å². The molecule has 0 fully saturated rings. The molecule has 0 aliphatic carbocycles. The first kappa shape index (κ1) is 17.5. The first-order valence-electron chi connectivity index (χ1n) is 8.89. The number of hydrogen-bond donors (Lipinski definition) is 1. The lowest BCUT2D eigenvalue weighted by molar-refractivity contribution is 0.0953. The zero-order chi connectivity index (χ0) is 19.2. The molecule has 138 valence electrons. The van der Waals surface area contributed by atoms with Gasteiger partial charge in [-0.2, -0.15) is 5.10 Å². The highest BCUT2D eigenvalue weighted by Gasteiger charge is 2.08. The van der Waals surface area contributed by atoms with Crippen molar-refractivity contribution in [2.75, 3.05) is 6.54 Å². The highest BCUT2D eigenvalue weighted by molar-refractivity contribution is 5.93. The van der Waals surface area contributed by atoms with Gasteiger partial charge >= 0.3 is 0 Å². The third kappa shape index (κ3) is 4.09. The minimum absolute atomic E-state index is 0.201. The lowest BCUT2D eigenvalue weighted by Gasteiger charge is -2.05. The minimum Gasteiger partial charge on any atom is -0.352 e. The Morgan fingerprint density at radius 3 is 2.54 bits per heavy atom. The molecule has 0 bridgehead atoms. The first-order valence-corrected chi connectivity index (χ1v) is 8.89. The third-order valence-electron chi connectivity index (χ3n) is 4.19. The lowest BCUT2D eigenvalue weighted by atomic mass is 10.2. The number of nitrogens with one attached hydrogen (secondary N) is 1. The maximum atomic E-state index is 12.3. The second-order valence-corrected chi connectivity index (χ2v) is 6.17. The van der Waals surface area contributed by atoms with Crippen molar-refractivity contribution in [2.24, 2.45) is 0 Å². The fourth-order valence-electron chi connectivity index (χ4n) is 2.72. The van der Waals surface area contributed by atoms with Gasteiger partial charge in [0, 0.05) is 43.1 Å². The zero-order valence-corrected chi connectivity index (χ0v) is 15.1. The Labute approximate surface area is 162 Å². The summed E-state index contributed by atoms with van der Waals surface area (Å²) in [5.74, 6) is 0.339. The summed E-state index contributed by atoms with van der Waals surface area (Å²) >= 11 is 0. The van der Waals surface area contributed by atoms with E-state index in [1.54, 1.807) is 12.4 Å². The van der Waals surface area contributed by atoms with E-state index >= 15 is 0 Å². The van der Waals surface area contributed by atoms with Gasteiger partial charge in [-0.15, -0.1) is 0 Å². The van der Waals surface area contributed by atoms with E-state index in [9.17, 15) is 4.79 Å². The second kappa shape index (κ2) is 8.22. The molecule has 0 radical (unpaired) electrons. The molecule has 0 aliphatic rings. The quantitative estimate of drug-likeness (QED) is 0.564. The molecular weight excluding hydrogens is 352 g/mol. The maximum absolute atomic E-state index is 12.3. The van der Waals surface area contributed by atoms with Crippen LogP contribution in [0.1, 0.15) is 15.9 Å². The van der Waals surface area contributed by atoms with Crippen LogP contribution in [-0.4, -0.2) is 37.2 Å². The highest BCUT2D eigenvalue weighted by atomic mass is 16.1. The van der Waals surface area contributed by atoms with E-state index in [0.717, 1.165) is 16.8 Å². The lowest BCUT2D eigenvalue weighted by Crippen LogP contribution is -2.25. The maximum Gasteiger partial charge on any atom is 0.254 e. The van der Waals surface area contributed by atoms with Crippen molar-refractivity contribution < 1.29 is 4.79 Å². The van der Waals surface area contributed by atoms with Crippen LogP contribution in [0.15, 0.2) is 79.6 Å². The van der Waals surface area contributed by atoms with E-state index < -0.39 is 0 Å². The third-order valence-corrected chi connectivity index (χ3v) is 4.19. The molecule has 1 N–H and O–H groups in total. The molecule has 0 saturated carbocycles. The van der Waals surface area contributed by atoms with Gasteiger partial charge in [0.1, 0.15) is 0 Å². The number of benzene rings is 1. The largest absolute Gasteiger partial charge is 0.352 e. The molecule has 0 atom stereocenters. The van der Waals surface area contributed by atoms with Crippen LogP contribution >= 0.6 is 0 Å². The smallest absolute Gasteiger partial charge is 0.254 e.